The van der Waals surface area contributed by atoms with Gasteiger partial charge in [-0.25, -0.2) is 17.5 Å². The number of unbranched alkanes of at least 4 members (excludes halogenated alkanes) is 1. The van der Waals surface area contributed by atoms with Crippen LogP contribution in [-0.4, -0.2) is 21.5 Å². The van der Waals surface area contributed by atoms with Crippen molar-refractivity contribution < 1.29 is 12.8 Å². The standard InChI is InChI=1S/C11H17FN2O2S.ClH/c1-9-5-4-6-10(12)11(9)17(15,16)14-8-3-2-7-13;/h4-6,14H,2-3,7-8,13H2,1H3;1H. The molecule has 0 fully saturated rings. The molecule has 0 unspecified atom stereocenters. The van der Waals surface area contributed by atoms with Crippen molar-refractivity contribution in [2.24, 2.45) is 5.73 Å². The van der Waals surface area contributed by atoms with E-state index in [9.17, 15) is 12.8 Å². The van der Waals surface area contributed by atoms with Gasteiger partial charge >= 0.3 is 0 Å². The van der Waals surface area contributed by atoms with Crippen molar-refractivity contribution in [1.29, 1.82) is 0 Å². The summed E-state index contributed by atoms with van der Waals surface area (Å²) in [4.78, 5) is -0.271. The SMILES string of the molecule is Cc1cccc(F)c1S(=O)(=O)NCCCCN.Cl. The first-order valence-electron chi connectivity index (χ1n) is 5.44. The summed E-state index contributed by atoms with van der Waals surface area (Å²) >= 11 is 0. The molecule has 7 heteroatoms. The first kappa shape index (κ1) is 17.3. The number of hydrogen-bond donors (Lipinski definition) is 2. The number of sulfonamides is 1. The predicted octanol–water partition coefficient (Wildman–Crippen LogP) is 1.57. The molecule has 1 rings (SSSR count). The first-order chi connectivity index (χ1) is 7.99. The summed E-state index contributed by atoms with van der Waals surface area (Å²) in [6, 6.07) is 4.19. The molecular weight excluding hydrogens is 279 g/mol. The summed E-state index contributed by atoms with van der Waals surface area (Å²) < 4.78 is 39.6. The number of hydrogen-bond acceptors (Lipinski definition) is 3. The molecule has 0 amide bonds. The number of rotatable bonds is 6. The molecule has 0 aromatic heterocycles. The zero-order chi connectivity index (χ0) is 12.9. The van der Waals surface area contributed by atoms with Gasteiger partial charge in [0, 0.05) is 6.54 Å². The highest BCUT2D eigenvalue weighted by Crippen LogP contribution is 2.18. The number of aryl methyl sites for hydroxylation is 1. The van der Waals surface area contributed by atoms with E-state index in [0.29, 0.717) is 18.5 Å². The van der Waals surface area contributed by atoms with Crippen LogP contribution in [0.15, 0.2) is 23.1 Å². The maximum Gasteiger partial charge on any atom is 0.243 e. The van der Waals surface area contributed by atoms with Crippen LogP contribution in [0.4, 0.5) is 4.39 Å². The van der Waals surface area contributed by atoms with Crippen LogP contribution in [0, 0.1) is 12.7 Å². The first-order valence-corrected chi connectivity index (χ1v) is 6.92. The third-order valence-corrected chi connectivity index (χ3v) is 3.99. The lowest BCUT2D eigenvalue weighted by Crippen LogP contribution is -2.26. The highest BCUT2D eigenvalue weighted by molar-refractivity contribution is 7.89. The Morgan fingerprint density at radius 1 is 1.33 bits per heavy atom. The normalized spacial score (nSPS) is 11.1. The lowest BCUT2D eigenvalue weighted by molar-refractivity contribution is 0.552. The second-order valence-corrected chi connectivity index (χ2v) is 5.48. The van der Waals surface area contributed by atoms with E-state index < -0.39 is 15.8 Å². The average molecular weight is 297 g/mol. The Hall–Kier alpha value is -0.690. The Morgan fingerprint density at radius 3 is 2.56 bits per heavy atom. The van der Waals surface area contributed by atoms with Crippen molar-refractivity contribution in [1.82, 2.24) is 4.72 Å². The van der Waals surface area contributed by atoms with Gasteiger partial charge in [-0.1, -0.05) is 12.1 Å². The van der Waals surface area contributed by atoms with Crippen LogP contribution in [0.5, 0.6) is 0 Å². The molecule has 18 heavy (non-hydrogen) atoms. The molecule has 0 aliphatic rings. The van der Waals surface area contributed by atoms with Gasteiger partial charge in [0.25, 0.3) is 0 Å². The molecule has 0 spiro atoms. The van der Waals surface area contributed by atoms with E-state index in [-0.39, 0.29) is 23.8 Å². The third-order valence-electron chi connectivity index (χ3n) is 2.36. The summed E-state index contributed by atoms with van der Waals surface area (Å²) in [6.45, 7) is 2.35. The fourth-order valence-electron chi connectivity index (χ4n) is 1.51. The molecule has 3 N–H and O–H groups in total. The Labute approximate surface area is 113 Å². The van der Waals surface area contributed by atoms with Gasteiger partial charge < -0.3 is 5.73 Å². The van der Waals surface area contributed by atoms with Crippen LogP contribution in [-0.2, 0) is 10.0 Å². The fraction of sp³-hybridized carbons (Fsp3) is 0.455. The lowest BCUT2D eigenvalue weighted by Gasteiger charge is -2.09. The van der Waals surface area contributed by atoms with E-state index in [0.717, 1.165) is 12.5 Å². The maximum atomic E-state index is 13.5. The molecule has 0 bridgehead atoms. The molecule has 0 aliphatic heterocycles. The summed E-state index contributed by atoms with van der Waals surface area (Å²) in [7, 11) is -3.77. The van der Waals surface area contributed by atoms with Gasteiger partial charge in [-0.05, 0) is 37.9 Å². The third kappa shape index (κ3) is 4.53. The van der Waals surface area contributed by atoms with E-state index in [1.54, 1.807) is 13.0 Å². The number of nitrogens with one attached hydrogen (secondary N) is 1. The predicted molar refractivity (Wildman–Crippen MR) is 71.9 cm³/mol. The Morgan fingerprint density at radius 2 is 2.00 bits per heavy atom. The number of nitrogens with two attached hydrogens (primary N) is 1. The smallest absolute Gasteiger partial charge is 0.243 e. The quantitative estimate of drug-likeness (QED) is 0.783. The van der Waals surface area contributed by atoms with Crippen molar-refractivity contribution in [3.63, 3.8) is 0 Å². The highest BCUT2D eigenvalue weighted by atomic mass is 35.5. The summed E-state index contributed by atoms with van der Waals surface area (Å²) in [5.74, 6) is -0.726. The average Bonchev–Trinajstić information content (AvgIpc) is 2.24. The van der Waals surface area contributed by atoms with Crippen molar-refractivity contribution >= 4 is 22.4 Å². The van der Waals surface area contributed by atoms with Crippen LogP contribution in [0.25, 0.3) is 0 Å². The van der Waals surface area contributed by atoms with Crippen LogP contribution in [0.3, 0.4) is 0 Å². The van der Waals surface area contributed by atoms with E-state index in [4.69, 9.17) is 5.73 Å². The second-order valence-electron chi connectivity index (χ2n) is 3.78. The molecule has 1 aromatic carbocycles. The summed E-state index contributed by atoms with van der Waals surface area (Å²) in [5.41, 5.74) is 5.70. The van der Waals surface area contributed by atoms with E-state index in [1.165, 1.54) is 6.07 Å². The van der Waals surface area contributed by atoms with E-state index in [1.807, 2.05) is 0 Å². The Kier molecular flexibility index (Phi) is 7.39. The van der Waals surface area contributed by atoms with Gasteiger partial charge in [-0.2, -0.15) is 0 Å². The van der Waals surface area contributed by atoms with Crippen LogP contribution >= 0.6 is 12.4 Å². The molecule has 0 saturated carbocycles. The highest BCUT2D eigenvalue weighted by Gasteiger charge is 2.20. The van der Waals surface area contributed by atoms with Gasteiger partial charge in [0.05, 0.1) is 0 Å². The topological polar surface area (TPSA) is 72.2 Å². The van der Waals surface area contributed by atoms with Gasteiger partial charge in [-0.15, -0.1) is 12.4 Å². The minimum Gasteiger partial charge on any atom is -0.330 e. The maximum absolute atomic E-state index is 13.5. The fourth-order valence-corrected chi connectivity index (χ4v) is 2.88. The van der Waals surface area contributed by atoms with Crippen molar-refractivity contribution in [2.45, 2.75) is 24.7 Å². The van der Waals surface area contributed by atoms with Crippen LogP contribution in [0.2, 0.25) is 0 Å². The van der Waals surface area contributed by atoms with Crippen LogP contribution in [0.1, 0.15) is 18.4 Å². The Bertz CT molecular complexity index is 460. The van der Waals surface area contributed by atoms with Gasteiger partial charge in [0.2, 0.25) is 10.0 Å². The van der Waals surface area contributed by atoms with Gasteiger partial charge in [0.1, 0.15) is 10.7 Å². The molecule has 0 aliphatic carbocycles. The van der Waals surface area contributed by atoms with Crippen molar-refractivity contribution in [3.8, 4) is 0 Å². The second kappa shape index (κ2) is 7.68. The molecule has 4 nitrogen and oxygen atoms in total. The molecule has 0 saturated heterocycles. The summed E-state index contributed by atoms with van der Waals surface area (Å²) in [5, 5.41) is 0. The summed E-state index contributed by atoms with van der Waals surface area (Å²) in [6.07, 6.45) is 1.38. The molecular formula is C11H18ClFN2O2S. The Balaban J connectivity index is 0.00000289. The zero-order valence-corrected chi connectivity index (χ0v) is 11.8. The van der Waals surface area contributed by atoms with Crippen molar-refractivity contribution in [2.75, 3.05) is 13.1 Å². The van der Waals surface area contributed by atoms with E-state index >= 15 is 0 Å². The largest absolute Gasteiger partial charge is 0.330 e. The molecule has 0 radical (unpaired) electrons. The minimum absolute atomic E-state index is 0. The molecule has 1 aromatic rings. The monoisotopic (exact) mass is 296 g/mol. The molecule has 104 valence electrons. The molecule has 0 atom stereocenters. The zero-order valence-electron chi connectivity index (χ0n) is 10.1. The minimum atomic E-state index is -3.77. The van der Waals surface area contributed by atoms with Crippen LogP contribution < -0.4 is 10.5 Å². The lowest BCUT2D eigenvalue weighted by atomic mass is 10.2. The van der Waals surface area contributed by atoms with Gasteiger partial charge in [-0.3, -0.25) is 0 Å². The van der Waals surface area contributed by atoms with E-state index in [2.05, 4.69) is 4.72 Å². The molecule has 0 heterocycles. The number of benzene rings is 1. The van der Waals surface area contributed by atoms with Gasteiger partial charge in [0.15, 0.2) is 0 Å². The van der Waals surface area contributed by atoms with Crippen molar-refractivity contribution in [3.05, 3.63) is 29.6 Å². The number of halogens is 2.